The molecule has 0 aliphatic heterocycles. The predicted octanol–water partition coefficient (Wildman–Crippen LogP) is 3.09. The Labute approximate surface area is 123 Å². The number of pyridine rings is 1. The first kappa shape index (κ1) is 13.4. The van der Waals surface area contributed by atoms with Crippen LogP contribution in [0.4, 0.5) is 9.52 Å². The molecular formula is C14H10FN3O2S. The molecule has 0 saturated heterocycles. The van der Waals surface area contributed by atoms with Crippen LogP contribution in [0.3, 0.4) is 0 Å². The lowest BCUT2D eigenvalue weighted by molar-refractivity contribution is 0.102. The highest BCUT2D eigenvalue weighted by Gasteiger charge is 2.12. The number of halogens is 1. The Morgan fingerprint density at radius 1 is 1.29 bits per heavy atom. The number of hydrogen-bond donors (Lipinski definition) is 1. The van der Waals surface area contributed by atoms with Crippen LogP contribution < -0.4 is 10.1 Å². The quantitative estimate of drug-likeness (QED) is 0.755. The van der Waals surface area contributed by atoms with Gasteiger partial charge in [-0.05, 0) is 30.3 Å². The summed E-state index contributed by atoms with van der Waals surface area (Å²) in [5, 5.41) is 3.04. The number of methoxy groups -OCH3 is 1. The summed E-state index contributed by atoms with van der Waals surface area (Å²) in [5.74, 6) is -0.479. The fourth-order valence-corrected chi connectivity index (χ4v) is 2.67. The van der Waals surface area contributed by atoms with Gasteiger partial charge in [-0.1, -0.05) is 17.4 Å². The van der Waals surface area contributed by atoms with Gasteiger partial charge < -0.3 is 4.74 Å². The van der Waals surface area contributed by atoms with Crippen LogP contribution >= 0.6 is 11.3 Å². The third-order valence-electron chi connectivity index (χ3n) is 2.76. The molecule has 1 aromatic carbocycles. The van der Waals surface area contributed by atoms with Gasteiger partial charge in [0.25, 0.3) is 5.91 Å². The summed E-state index contributed by atoms with van der Waals surface area (Å²) < 4.78 is 19.0. The number of rotatable bonds is 3. The number of hydrogen-bond acceptors (Lipinski definition) is 5. The Kier molecular flexibility index (Phi) is 3.49. The number of benzene rings is 1. The molecule has 0 atom stereocenters. The smallest absolute Gasteiger partial charge is 0.276 e. The minimum absolute atomic E-state index is 0.00633. The number of ether oxygens (including phenoxy) is 1. The highest BCUT2D eigenvalue weighted by atomic mass is 32.1. The number of nitrogens with one attached hydrogen (secondary N) is 1. The number of aromatic nitrogens is 2. The van der Waals surface area contributed by atoms with Crippen LogP contribution in [0.25, 0.3) is 10.2 Å². The second-order valence-corrected chi connectivity index (χ2v) is 5.18. The van der Waals surface area contributed by atoms with Gasteiger partial charge in [-0.15, -0.1) is 0 Å². The average Bonchev–Trinajstić information content (AvgIpc) is 2.88. The van der Waals surface area contributed by atoms with E-state index >= 15 is 0 Å². The summed E-state index contributed by atoms with van der Waals surface area (Å²) in [6.07, 6.45) is 0. The Morgan fingerprint density at radius 3 is 2.90 bits per heavy atom. The monoisotopic (exact) mass is 302 g/mol. The zero-order chi connectivity index (χ0) is 14.8. The average molecular weight is 302 g/mol. The molecule has 1 N–H and O–H groups in total. The predicted molar refractivity (Wildman–Crippen MR) is 78.3 cm³/mol. The van der Waals surface area contributed by atoms with Crippen molar-refractivity contribution in [2.24, 2.45) is 0 Å². The molecule has 5 nitrogen and oxygen atoms in total. The molecule has 21 heavy (non-hydrogen) atoms. The van der Waals surface area contributed by atoms with Gasteiger partial charge in [0.2, 0.25) is 5.95 Å². The van der Waals surface area contributed by atoms with Gasteiger partial charge in [-0.25, -0.2) is 9.97 Å². The number of carbonyl (C=O) groups is 1. The lowest BCUT2D eigenvalue weighted by atomic mass is 10.3. The molecule has 0 saturated carbocycles. The minimum atomic E-state index is -0.698. The van der Waals surface area contributed by atoms with E-state index < -0.39 is 11.9 Å². The summed E-state index contributed by atoms with van der Waals surface area (Å²) in [6, 6.07) is 9.49. The molecule has 0 spiro atoms. The molecule has 3 aromatic rings. The van der Waals surface area contributed by atoms with Crippen molar-refractivity contribution >= 4 is 32.6 Å². The molecule has 0 unspecified atom stereocenters. The van der Waals surface area contributed by atoms with Crippen LogP contribution in [-0.4, -0.2) is 23.0 Å². The van der Waals surface area contributed by atoms with Crippen molar-refractivity contribution in [3.05, 3.63) is 48.0 Å². The standard InChI is InChI=1S/C14H10FN3O2S/c1-20-8-5-6-9-11(7-8)21-14(17-9)18-13(19)10-3-2-4-12(15)16-10/h2-7H,1H3,(H,17,18,19)/i15-1. The van der Waals surface area contributed by atoms with Gasteiger partial charge in [0.15, 0.2) is 5.13 Å². The second kappa shape index (κ2) is 5.45. The molecule has 2 aromatic heterocycles. The molecule has 106 valence electrons. The molecule has 1 amide bonds. The maximum Gasteiger partial charge on any atom is 0.276 e. The van der Waals surface area contributed by atoms with Crippen molar-refractivity contribution in [3.8, 4) is 5.75 Å². The number of nitrogens with zero attached hydrogens (tertiary/aromatic N) is 2. The molecule has 0 aliphatic carbocycles. The normalized spacial score (nSPS) is 10.6. The molecule has 0 aliphatic rings. The lowest BCUT2D eigenvalue weighted by Gasteiger charge is -2.00. The van der Waals surface area contributed by atoms with Crippen LogP contribution in [-0.2, 0) is 0 Å². The van der Waals surface area contributed by atoms with Gasteiger partial charge in [0.1, 0.15) is 11.4 Å². The minimum Gasteiger partial charge on any atom is -0.497 e. The van der Waals surface area contributed by atoms with Gasteiger partial charge in [0.05, 0.1) is 17.3 Å². The first-order valence-corrected chi connectivity index (χ1v) is 6.86. The first-order chi connectivity index (χ1) is 10.2. The number of carbonyl (C=O) groups excluding carboxylic acids is 1. The van der Waals surface area contributed by atoms with E-state index in [9.17, 15) is 9.18 Å². The zero-order valence-corrected chi connectivity index (χ0v) is 11.8. The van der Waals surface area contributed by atoms with E-state index in [1.807, 2.05) is 6.07 Å². The SMILES string of the molecule is COc1ccc2nc(NC(=O)c3cccc([18F])n3)sc2c1. The van der Waals surface area contributed by atoms with E-state index in [0.29, 0.717) is 5.13 Å². The van der Waals surface area contributed by atoms with E-state index in [4.69, 9.17) is 4.74 Å². The van der Waals surface area contributed by atoms with Gasteiger partial charge >= 0.3 is 0 Å². The number of amides is 1. The molecule has 0 radical (unpaired) electrons. The Bertz CT molecular complexity index is 819. The van der Waals surface area contributed by atoms with Gasteiger partial charge in [-0.3, -0.25) is 10.1 Å². The van der Waals surface area contributed by atoms with Crippen LogP contribution in [0.5, 0.6) is 5.75 Å². The van der Waals surface area contributed by atoms with Crippen molar-refractivity contribution in [2.45, 2.75) is 0 Å². The van der Waals surface area contributed by atoms with Crippen LogP contribution in [0.1, 0.15) is 10.5 Å². The molecule has 0 fully saturated rings. The summed E-state index contributed by atoms with van der Waals surface area (Å²) >= 11 is 1.31. The maximum absolute atomic E-state index is 13.0. The van der Waals surface area contributed by atoms with Gasteiger partial charge in [0, 0.05) is 0 Å². The van der Waals surface area contributed by atoms with E-state index in [0.717, 1.165) is 16.0 Å². The molecule has 0 bridgehead atoms. The summed E-state index contributed by atoms with van der Waals surface area (Å²) in [6.45, 7) is 0. The van der Waals surface area contributed by atoms with E-state index in [2.05, 4.69) is 15.3 Å². The molecule has 2 heterocycles. The highest BCUT2D eigenvalue weighted by Crippen LogP contribution is 2.29. The number of anilines is 1. The van der Waals surface area contributed by atoms with Crippen LogP contribution in [0.2, 0.25) is 0 Å². The summed E-state index contributed by atoms with van der Waals surface area (Å²) in [4.78, 5) is 19.8. The lowest BCUT2D eigenvalue weighted by Crippen LogP contribution is -2.13. The maximum atomic E-state index is 13.0. The Morgan fingerprint density at radius 2 is 2.14 bits per heavy atom. The molecule has 7 heteroatoms. The number of thiazole rings is 1. The summed E-state index contributed by atoms with van der Waals surface area (Å²) in [5.41, 5.74) is 0.759. The van der Waals surface area contributed by atoms with Gasteiger partial charge in [-0.2, -0.15) is 4.39 Å². The summed E-state index contributed by atoms with van der Waals surface area (Å²) in [7, 11) is 1.58. The number of fused-ring (bicyclic) bond motifs is 1. The third-order valence-corrected chi connectivity index (χ3v) is 3.70. The topological polar surface area (TPSA) is 64.1 Å². The Balaban J connectivity index is 1.86. The molecular weight excluding hydrogens is 292 g/mol. The van der Waals surface area contributed by atoms with E-state index in [1.165, 1.54) is 29.5 Å². The first-order valence-electron chi connectivity index (χ1n) is 6.04. The van der Waals surface area contributed by atoms with Crippen LogP contribution in [0, 0.1) is 5.95 Å². The fraction of sp³-hybridized carbons (Fsp3) is 0.0714. The molecule has 3 rings (SSSR count). The zero-order valence-electron chi connectivity index (χ0n) is 11.0. The van der Waals surface area contributed by atoms with Crippen LogP contribution in [0.15, 0.2) is 36.4 Å². The van der Waals surface area contributed by atoms with Crippen molar-refractivity contribution in [1.82, 2.24) is 9.97 Å². The Hall–Kier alpha value is -2.54. The van der Waals surface area contributed by atoms with E-state index in [1.54, 1.807) is 19.2 Å². The van der Waals surface area contributed by atoms with Crippen molar-refractivity contribution < 1.29 is 13.9 Å². The largest absolute Gasteiger partial charge is 0.497 e. The third kappa shape index (κ3) is 2.82. The van der Waals surface area contributed by atoms with Crippen molar-refractivity contribution in [2.75, 3.05) is 12.4 Å². The van der Waals surface area contributed by atoms with Crippen molar-refractivity contribution in [3.63, 3.8) is 0 Å². The highest BCUT2D eigenvalue weighted by molar-refractivity contribution is 7.22. The fourth-order valence-electron chi connectivity index (χ4n) is 1.78. The van der Waals surface area contributed by atoms with Crippen molar-refractivity contribution in [1.29, 1.82) is 0 Å². The van der Waals surface area contributed by atoms with E-state index in [-0.39, 0.29) is 5.69 Å². The second-order valence-electron chi connectivity index (χ2n) is 4.15.